The first-order valence-electron chi connectivity index (χ1n) is 9.64. The minimum Gasteiger partial charge on any atom is -0.497 e. The monoisotopic (exact) mass is 436 g/mol. The zero-order chi connectivity index (χ0) is 21.7. The second-order valence-electron chi connectivity index (χ2n) is 7.04. The van der Waals surface area contributed by atoms with Crippen molar-refractivity contribution in [3.05, 3.63) is 48.3 Å². The number of anilines is 1. The van der Waals surface area contributed by atoms with Gasteiger partial charge in [-0.1, -0.05) is 6.42 Å². The summed E-state index contributed by atoms with van der Waals surface area (Å²) in [4.78, 5) is 12.7. The van der Waals surface area contributed by atoms with Crippen LogP contribution in [0.25, 0.3) is 0 Å². The Morgan fingerprint density at radius 1 is 1.13 bits per heavy atom. The Kier molecular flexibility index (Phi) is 6.94. The molecule has 2 aromatic rings. The smallest absolute Gasteiger partial charge is 0.243 e. The summed E-state index contributed by atoms with van der Waals surface area (Å²) in [5.41, 5.74) is 0.450. The fourth-order valence-electron chi connectivity index (χ4n) is 3.56. The molecule has 0 unspecified atom stereocenters. The molecule has 0 aliphatic carbocycles. The molecule has 0 saturated carbocycles. The second-order valence-corrected chi connectivity index (χ2v) is 8.93. The van der Waals surface area contributed by atoms with Gasteiger partial charge in [-0.2, -0.15) is 4.31 Å². The number of carbonyl (C=O) groups excluding carboxylic acids is 1. The van der Waals surface area contributed by atoms with Crippen molar-refractivity contribution >= 4 is 21.6 Å². The third-order valence-corrected chi connectivity index (χ3v) is 7.06. The van der Waals surface area contributed by atoms with E-state index in [2.05, 4.69) is 5.32 Å². The molecule has 1 fully saturated rings. The number of hydrogen-bond acceptors (Lipinski definition) is 5. The van der Waals surface area contributed by atoms with E-state index >= 15 is 0 Å². The van der Waals surface area contributed by atoms with E-state index in [1.165, 1.54) is 30.7 Å². The van der Waals surface area contributed by atoms with E-state index in [9.17, 15) is 17.6 Å². The maximum atomic E-state index is 13.2. The third kappa shape index (κ3) is 4.91. The molecule has 0 aromatic heterocycles. The molecule has 1 aliphatic heterocycles. The number of methoxy groups -OCH3 is 2. The second kappa shape index (κ2) is 9.44. The largest absolute Gasteiger partial charge is 0.497 e. The predicted molar refractivity (Wildman–Crippen MR) is 111 cm³/mol. The number of halogens is 1. The first-order chi connectivity index (χ1) is 14.3. The number of hydrogen-bond donors (Lipinski definition) is 1. The van der Waals surface area contributed by atoms with Crippen LogP contribution in [0.3, 0.4) is 0 Å². The van der Waals surface area contributed by atoms with E-state index in [0.29, 0.717) is 36.6 Å². The predicted octanol–water partition coefficient (Wildman–Crippen LogP) is 3.41. The van der Waals surface area contributed by atoms with Crippen LogP contribution in [-0.2, 0) is 14.8 Å². The van der Waals surface area contributed by atoms with Gasteiger partial charge < -0.3 is 14.8 Å². The Hall–Kier alpha value is -2.65. The number of sulfonamides is 1. The van der Waals surface area contributed by atoms with E-state index in [4.69, 9.17) is 9.47 Å². The molecule has 9 heteroatoms. The third-order valence-electron chi connectivity index (χ3n) is 5.10. The van der Waals surface area contributed by atoms with Gasteiger partial charge in [0.15, 0.2) is 0 Å². The van der Waals surface area contributed by atoms with Crippen LogP contribution in [0.5, 0.6) is 11.5 Å². The van der Waals surface area contributed by atoms with Gasteiger partial charge in [0.2, 0.25) is 15.9 Å². The van der Waals surface area contributed by atoms with Gasteiger partial charge in [-0.05, 0) is 49.2 Å². The van der Waals surface area contributed by atoms with Crippen molar-refractivity contribution in [2.75, 3.05) is 26.1 Å². The molecule has 162 valence electrons. The number of nitrogens with zero attached hydrogens (tertiary/aromatic N) is 1. The van der Waals surface area contributed by atoms with Crippen molar-refractivity contribution in [1.82, 2.24) is 4.31 Å². The van der Waals surface area contributed by atoms with Crippen LogP contribution >= 0.6 is 0 Å². The van der Waals surface area contributed by atoms with E-state index in [1.807, 2.05) is 0 Å². The lowest BCUT2D eigenvalue weighted by Gasteiger charge is -2.34. The van der Waals surface area contributed by atoms with Gasteiger partial charge in [-0.3, -0.25) is 4.79 Å². The minimum absolute atomic E-state index is 0.000782. The Balaban J connectivity index is 1.77. The molecule has 3 rings (SSSR count). The van der Waals surface area contributed by atoms with Gasteiger partial charge in [0.05, 0.1) is 24.8 Å². The number of rotatable bonds is 7. The highest BCUT2D eigenvalue weighted by atomic mass is 32.2. The van der Waals surface area contributed by atoms with Crippen LogP contribution in [0.2, 0.25) is 0 Å². The summed E-state index contributed by atoms with van der Waals surface area (Å²) >= 11 is 0. The van der Waals surface area contributed by atoms with Crippen molar-refractivity contribution < 1.29 is 27.1 Å². The van der Waals surface area contributed by atoms with E-state index in [1.54, 1.807) is 18.2 Å². The summed E-state index contributed by atoms with van der Waals surface area (Å²) < 4.78 is 51.2. The highest BCUT2D eigenvalue weighted by molar-refractivity contribution is 7.89. The van der Waals surface area contributed by atoms with Crippen molar-refractivity contribution in [1.29, 1.82) is 0 Å². The highest BCUT2D eigenvalue weighted by Crippen LogP contribution is 2.31. The van der Waals surface area contributed by atoms with E-state index < -0.39 is 21.9 Å². The van der Waals surface area contributed by atoms with Gasteiger partial charge in [-0.25, -0.2) is 12.8 Å². The maximum absolute atomic E-state index is 13.2. The van der Waals surface area contributed by atoms with Crippen LogP contribution in [0.1, 0.15) is 25.7 Å². The normalized spacial score (nSPS) is 17.4. The molecule has 2 aromatic carbocycles. The molecule has 0 bridgehead atoms. The quantitative estimate of drug-likeness (QED) is 0.719. The van der Waals surface area contributed by atoms with Gasteiger partial charge in [0, 0.05) is 25.1 Å². The fourth-order valence-corrected chi connectivity index (χ4v) is 5.26. The summed E-state index contributed by atoms with van der Waals surface area (Å²) in [6.07, 6.45) is 2.11. The summed E-state index contributed by atoms with van der Waals surface area (Å²) in [5, 5.41) is 2.79. The summed E-state index contributed by atoms with van der Waals surface area (Å²) in [5.74, 6) is 0.205. The summed E-state index contributed by atoms with van der Waals surface area (Å²) in [6, 6.07) is 9.29. The average molecular weight is 437 g/mol. The minimum atomic E-state index is -3.83. The Morgan fingerprint density at radius 2 is 1.87 bits per heavy atom. The van der Waals surface area contributed by atoms with Gasteiger partial charge in [0.1, 0.15) is 17.3 Å². The molecule has 7 nitrogen and oxygen atoms in total. The molecule has 0 spiro atoms. The van der Waals surface area contributed by atoms with Gasteiger partial charge in [-0.15, -0.1) is 0 Å². The SMILES string of the molecule is COc1ccc(OC)c(NC(=O)C[C@@H]2CCCCN2S(=O)(=O)c2ccc(F)cc2)c1. The number of piperidine rings is 1. The number of amides is 1. The average Bonchev–Trinajstić information content (AvgIpc) is 2.74. The fraction of sp³-hybridized carbons (Fsp3) is 0.381. The van der Waals surface area contributed by atoms with Crippen LogP contribution in [0, 0.1) is 5.82 Å². The lowest BCUT2D eigenvalue weighted by atomic mass is 10.0. The van der Waals surface area contributed by atoms with Crippen molar-refractivity contribution in [2.24, 2.45) is 0 Å². The Bertz CT molecular complexity index is 995. The molecular formula is C21H25FN2O5S. The number of benzene rings is 2. The molecule has 1 saturated heterocycles. The number of nitrogens with one attached hydrogen (secondary N) is 1. The summed E-state index contributed by atoms with van der Waals surface area (Å²) in [6.45, 7) is 0.320. The molecule has 1 aliphatic rings. The number of carbonyl (C=O) groups is 1. The van der Waals surface area contributed by atoms with Crippen molar-refractivity contribution in [3.8, 4) is 11.5 Å². The lowest BCUT2D eigenvalue weighted by molar-refractivity contribution is -0.117. The molecule has 0 radical (unpaired) electrons. The van der Waals surface area contributed by atoms with Gasteiger partial charge >= 0.3 is 0 Å². The molecule has 30 heavy (non-hydrogen) atoms. The van der Waals surface area contributed by atoms with Crippen LogP contribution in [0.4, 0.5) is 10.1 Å². The van der Waals surface area contributed by atoms with Crippen LogP contribution < -0.4 is 14.8 Å². The first-order valence-corrected chi connectivity index (χ1v) is 11.1. The lowest BCUT2D eigenvalue weighted by Crippen LogP contribution is -2.45. The van der Waals surface area contributed by atoms with Crippen molar-refractivity contribution in [3.63, 3.8) is 0 Å². The van der Waals surface area contributed by atoms with Crippen molar-refractivity contribution in [2.45, 2.75) is 36.6 Å². The highest BCUT2D eigenvalue weighted by Gasteiger charge is 2.34. The standard InChI is InChI=1S/C21H25FN2O5S/c1-28-17-8-11-20(29-2)19(14-17)23-21(25)13-16-5-3-4-12-24(16)30(26,27)18-9-6-15(22)7-10-18/h6-11,14,16H,3-5,12-13H2,1-2H3,(H,23,25)/t16-/m0/s1. The van der Waals surface area contributed by atoms with Crippen LogP contribution in [0.15, 0.2) is 47.4 Å². The topological polar surface area (TPSA) is 84.9 Å². The maximum Gasteiger partial charge on any atom is 0.243 e. The molecule has 1 heterocycles. The first kappa shape index (κ1) is 22.0. The molecule has 1 N–H and O–H groups in total. The molecule has 1 atom stereocenters. The van der Waals surface area contributed by atoms with E-state index in [0.717, 1.165) is 18.6 Å². The zero-order valence-electron chi connectivity index (χ0n) is 16.9. The number of ether oxygens (including phenoxy) is 2. The zero-order valence-corrected chi connectivity index (χ0v) is 17.7. The van der Waals surface area contributed by atoms with E-state index in [-0.39, 0.29) is 17.2 Å². The summed E-state index contributed by atoms with van der Waals surface area (Å²) in [7, 11) is -0.811. The van der Waals surface area contributed by atoms with Crippen LogP contribution in [-0.4, -0.2) is 45.4 Å². The molecule has 1 amide bonds. The Morgan fingerprint density at radius 3 is 2.53 bits per heavy atom. The Labute approximate surface area is 175 Å². The molecular weight excluding hydrogens is 411 g/mol. The van der Waals surface area contributed by atoms with Gasteiger partial charge in [0.25, 0.3) is 0 Å².